The van der Waals surface area contributed by atoms with Gasteiger partial charge in [0.15, 0.2) is 0 Å². The van der Waals surface area contributed by atoms with Gasteiger partial charge in [-0.05, 0) is 49.0 Å². The van der Waals surface area contributed by atoms with Gasteiger partial charge < -0.3 is 10.4 Å². The first-order valence-electron chi connectivity index (χ1n) is 6.97. The third-order valence-corrected chi connectivity index (χ3v) is 5.79. The molecule has 0 amide bonds. The predicted molar refractivity (Wildman–Crippen MR) is 86.7 cm³/mol. The van der Waals surface area contributed by atoms with E-state index in [2.05, 4.69) is 12.2 Å². The molecule has 1 saturated heterocycles. The van der Waals surface area contributed by atoms with Gasteiger partial charge in [0.25, 0.3) is 0 Å². The smallest absolute Gasteiger partial charge is 0.0787 e. The number of aliphatic hydroxyl groups is 1. The summed E-state index contributed by atoms with van der Waals surface area (Å²) in [5, 5.41) is 13.9. The van der Waals surface area contributed by atoms with E-state index in [9.17, 15) is 9.32 Å². The summed E-state index contributed by atoms with van der Waals surface area (Å²) in [6.45, 7) is 2.73. The second kappa shape index (κ2) is 7.07. The van der Waals surface area contributed by atoms with Crippen molar-refractivity contribution < 1.29 is 9.32 Å². The van der Waals surface area contributed by atoms with Crippen molar-refractivity contribution >= 4 is 22.6 Å². The molecule has 2 N–H and O–H groups in total. The van der Waals surface area contributed by atoms with Gasteiger partial charge in [-0.15, -0.1) is 0 Å². The standard InChI is InChI=1S/C15H23NO2S2/c1-12(13-3-5-14(6-4-13)20(2)18)16-11-15(17)7-9-19-10-8-15/h3-6,12,16-17H,7-11H2,1-2H3/t12-,20+/m0/s1. The minimum Gasteiger partial charge on any atom is -0.389 e. The molecule has 1 aromatic carbocycles. The van der Waals surface area contributed by atoms with Crippen LogP contribution in [0.1, 0.15) is 31.4 Å². The molecule has 0 unspecified atom stereocenters. The van der Waals surface area contributed by atoms with Crippen LogP contribution in [0.5, 0.6) is 0 Å². The Labute approximate surface area is 128 Å². The number of benzene rings is 1. The maximum atomic E-state index is 11.4. The van der Waals surface area contributed by atoms with E-state index in [0.29, 0.717) is 6.54 Å². The van der Waals surface area contributed by atoms with Gasteiger partial charge in [0.2, 0.25) is 0 Å². The van der Waals surface area contributed by atoms with E-state index in [4.69, 9.17) is 0 Å². The fourth-order valence-electron chi connectivity index (χ4n) is 2.34. The molecule has 2 atom stereocenters. The molecule has 112 valence electrons. The Balaban J connectivity index is 1.90. The largest absolute Gasteiger partial charge is 0.389 e. The van der Waals surface area contributed by atoms with Gasteiger partial charge in [-0.3, -0.25) is 4.21 Å². The summed E-state index contributed by atoms with van der Waals surface area (Å²) in [6, 6.07) is 8.03. The van der Waals surface area contributed by atoms with Crippen molar-refractivity contribution in [3.05, 3.63) is 29.8 Å². The van der Waals surface area contributed by atoms with Gasteiger partial charge in [0.05, 0.1) is 5.60 Å². The molecule has 0 bridgehead atoms. The highest BCUT2D eigenvalue weighted by molar-refractivity contribution is 7.99. The first-order chi connectivity index (χ1) is 9.50. The van der Waals surface area contributed by atoms with E-state index in [1.54, 1.807) is 6.26 Å². The van der Waals surface area contributed by atoms with Crippen LogP contribution >= 0.6 is 11.8 Å². The molecule has 3 nitrogen and oxygen atoms in total. The minimum atomic E-state index is -0.928. The minimum absolute atomic E-state index is 0.188. The number of rotatable bonds is 5. The van der Waals surface area contributed by atoms with Crippen molar-refractivity contribution in [1.82, 2.24) is 5.32 Å². The van der Waals surface area contributed by atoms with E-state index in [-0.39, 0.29) is 6.04 Å². The molecule has 0 aromatic heterocycles. The van der Waals surface area contributed by atoms with Gasteiger partial charge in [-0.1, -0.05) is 12.1 Å². The number of hydrogen-bond donors (Lipinski definition) is 2. The fourth-order valence-corrected chi connectivity index (χ4v) is 4.11. The topological polar surface area (TPSA) is 49.3 Å². The van der Waals surface area contributed by atoms with Gasteiger partial charge >= 0.3 is 0 Å². The molecule has 0 spiro atoms. The van der Waals surface area contributed by atoms with Gasteiger partial charge in [0, 0.05) is 34.5 Å². The van der Waals surface area contributed by atoms with E-state index in [1.165, 1.54) is 0 Å². The van der Waals surface area contributed by atoms with Crippen molar-refractivity contribution in [2.45, 2.75) is 36.3 Å². The van der Waals surface area contributed by atoms with Crippen molar-refractivity contribution in [1.29, 1.82) is 0 Å². The molecule has 2 rings (SSSR count). The van der Waals surface area contributed by atoms with Gasteiger partial charge in [0.1, 0.15) is 0 Å². The van der Waals surface area contributed by atoms with E-state index in [1.807, 2.05) is 36.0 Å². The Kier molecular flexibility index (Phi) is 5.66. The molecule has 1 aromatic rings. The quantitative estimate of drug-likeness (QED) is 0.876. The zero-order valence-corrected chi connectivity index (χ0v) is 13.7. The molecule has 5 heteroatoms. The lowest BCUT2D eigenvalue weighted by atomic mass is 9.96. The monoisotopic (exact) mass is 313 g/mol. The Hall–Kier alpha value is -0.360. The third kappa shape index (κ3) is 4.32. The highest BCUT2D eigenvalue weighted by Crippen LogP contribution is 2.27. The first kappa shape index (κ1) is 16.0. The Bertz CT molecular complexity index is 455. The summed E-state index contributed by atoms with van der Waals surface area (Å²) >= 11 is 1.92. The molecule has 0 saturated carbocycles. The predicted octanol–water partition coefficient (Wildman–Crippen LogP) is 2.33. The van der Waals surface area contributed by atoms with Crippen molar-refractivity contribution in [2.75, 3.05) is 24.3 Å². The SMILES string of the molecule is C[C@H](NCC1(O)CCSCC1)c1ccc([S@@](C)=O)cc1. The third-order valence-electron chi connectivity index (χ3n) is 3.87. The maximum absolute atomic E-state index is 11.4. The lowest BCUT2D eigenvalue weighted by Crippen LogP contribution is -2.44. The average Bonchev–Trinajstić information content (AvgIpc) is 2.46. The lowest BCUT2D eigenvalue weighted by Gasteiger charge is -2.33. The number of thioether (sulfide) groups is 1. The molecule has 0 radical (unpaired) electrons. The molecule has 1 heterocycles. The Morgan fingerprint density at radius 1 is 1.35 bits per heavy atom. The lowest BCUT2D eigenvalue weighted by molar-refractivity contribution is 0.0300. The highest BCUT2D eigenvalue weighted by Gasteiger charge is 2.29. The van der Waals surface area contributed by atoms with Gasteiger partial charge in [-0.2, -0.15) is 11.8 Å². The summed E-state index contributed by atoms with van der Waals surface area (Å²) in [4.78, 5) is 0.851. The van der Waals surface area contributed by atoms with E-state index in [0.717, 1.165) is 34.8 Å². The van der Waals surface area contributed by atoms with Crippen LogP contribution in [0.15, 0.2) is 29.2 Å². The summed E-state index contributed by atoms with van der Waals surface area (Å²) in [5.41, 5.74) is 0.609. The molecule has 20 heavy (non-hydrogen) atoms. The zero-order chi connectivity index (χ0) is 14.6. The Morgan fingerprint density at radius 2 is 1.95 bits per heavy atom. The van der Waals surface area contributed by atoms with E-state index < -0.39 is 16.4 Å². The van der Waals surface area contributed by atoms with E-state index >= 15 is 0 Å². The summed E-state index contributed by atoms with van der Waals surface area (Å²) < 4.78 is 11.4. The first-order valence-corrected chi connectivity index (χ1v) is 9.68. The molecule has 1 aliphatic rings. The van der Waals surface area contributed by atoms with Crippen LogP contribution in [-0.4, -0.2) is 39.2 Å². The van der Waals surface area contributed by atoms with Gasteiger partial charge in [-0.25, -0.2) is 0 Å². The van der Waals surface area contributed by atoms with Crippen LogP contribution in [0.25, 0.3) is 0 Å². The molecular formula is C15H23NO2S2. The normalized spacial score (nSPS) is 21.4. The Morgan fingerprint density at radius 3 is 2.50 bits per heavy atom. The fraction of sp³-hybridized carbons (Fsp3) is 0.600. The highest BCUT2D eigenvalue weighted by atomic mass is 32.2. The van der Waals surface area contributed by atoms with Crippen LogP contribution in [0.3, 0.4) is 0 Å². The molecule has 1 aliphatic heterocycles. The van der Waals surface area contributed by atoms with Crippen LogP contribution in [0.4, 0.5) is 0 Å². The second-order valence-electron chi connectivity index (χ2n) is 5.46. The summed E-state index contributed by atoms with van der Waals surface area (Å²) in [7, 11) is -0.928. The van der Waals surface area contributed by atoms with Crippen LogP contribution in [-0.2, 0) is 10.8 Å². The average molecular weight is 313 g/mol. The summed E-state index contributed by atoms with van der Waals surface area (Å²) in [5.74, 6) is 2.09. The molecular weight excluding hydrogens is 290 g/mol. The second-order valence-corrected chi connectivity index (χ2v) is 8.07. The molecule has 0 aliphatic carbocycles. The van der Waals surface area contributed by atoms with Crippen LogP contribution < -0.4 is 5.32 Å². The number of nitrogens with one attached hydrogen (secondary N) is 1. The maximum Gasteiger partial charge on any atom is 0.0787 e. The zero-order valence-electron chi connectivity index (χ0n) is 12.1. The summed E-state index contributed by atoms with van der Waals surface area (Å²) in [6.07, 6.45) is 3.42. The van der Waals surface area contributed by atoms with Crippen molar-refractivity contribution in [2.24, 2.45) is 0 Å². The van der Waals surface area contributed by atoms with Crippen LogP contribution in [0.2, 0.25) is 0 Å². The van der Waals surface area contributed by atoms with Crippen molar-refractivity contribution in [3.63, 3.8) is 0 Å². The van der Waals surface area contributed by atoms with Crippen LogP contribution in [0, 0.1) is 0 Å². The molecule has 1 fully saturated rings. The number of hydrogen-bond acceptors (Lipinski definition) is 4. The van der Waals surface area contributed by atoms with Crippen molar-refractivity contribution in [3.8, 4) is 0 Å².